The van der Waals surface area contributed by atoms with E-state index in [-0.39, 0.29) is 16.6 Å². The number of hydrogen-bond donors (Lipinski definition) is 1. The van der Waals surface area contributed by atoms with E-state index in [0.717, 1.165) is 38.5 Å². The molecule has 1 aromatic heterocycles. The molecule has 4 bridgehead atoms. The number of fused-ring (bicyclic) bond motifs is 4. The van der Waals surface area contributed by atoms with Crippen molar-refractivity contribution in [2.24, 2.45) is 11.3 Å². The fraction of sp³-hybridized carbons (Fsp3) is 0.618. The van der Waals surface area contributed by atoms with Gasteiger partial charge < -0.3 is 4.74 Å². The SMILES string of the molecule is C[C@]12CC=C3C=C4CC[C@@H]([N+]5(O)C6CCC5CC6)C[C@]45CC[C@]3(O5)[C@@H]1CCC2c1ccc2ccncc2c1. The highest BCUT2D eigenvalue weighted by Crippen LogP contribution is 2.69. The molecule has 9 rings (SSSR count). The van der Waals surface area contributed by atoms with Gasteiger partial charge in [0.05, 0.1) is 11.2 Å². The Balaban J connectivity index is 1.07. The number of hydroxylamine groups is 3. The fourth-order valence-electron chi connectivity index (χ4n) is 11.4. The summed E-state index contributed by atoms with van der Waals surface area (Å²) < 4.78 is 7.96. The summed E-state index contributed by atoms with van der Waals surface area (Å²) in [5.41, 5.74) is 4.48. The van der Waals surface area contributed by atoms with E-state index in [0.29, 0.717) is 34.6 Å². The Morgan fingerprint density at radius 3 is 2.63 bits per heavy atom. The minimum atomic E-state index is -0.138. The van der Waals surface area contributed by atoms with Crippen LogP contribution in [0, 0.1) is 11.3 Å². The maximum absolute atomic E-state index is 12.0. The van der Waals surface area contributed by atoms with Crippen LogP contribution in [-0.2, 0) is 4.74 Å². The molecule has 0 radical (unpaired) electrons. The van der Waals surface area contributed by atoms with Gasteiger partial charge in [-0.2, -0.15) is 4.65 Å². The minimum Gasteiger partial charge on any atom is -0.359 e. The molecule has 7 aliphatic rings. The van der Waals surface area contributed by atoms with E-state index in [1.165, 1.54) is 60.4 Å². The van der Waals surface area contributed by atoms with Crippen molar-refractivity contribution < 1.29 is 14.6 Å². The van der Waals surface area contributed by atoms with Crippen LogP contribution in [0.15, 0.2) is 60.0 Å². The number of aromatic nitrogens is 1. The average Bonchev–Trinajstić information content (AvgIpc) is 3.66. The van der Waals surface area contributed by atoms with Crippen molar-refractivity contribution in [3.05, 3.63) is 65.5 Å². The Morgan fingerprint density at radius 1 is 0.947 bits per heavy atom. The Morgan fingerprint density at radius 2 is 1.79 bits per heavy atom. The monoisotopic (exact) mass is 509 g/mol. The third-order valence-electron chi connectivity index (χ3n) is 13.1. The smallest absolute Gasteiger partial charge is 0.123 e. The average molecular weight is 510 g/mol. The lowest BCUT2D eigenvalue weighted by molar-refractivity contribution is -1.14. The zero-order chi connectivity index (χ0) is 25.3. The van der Waals surface area contributed by atoms with E-state index in [2.05, 4.69) is 48.3 Å². The van der Waals surface area contributed by atoms with Gasteiger partial charge in [0.1, 0.15) is 18.1 Å². The molecule has 4 heteroatoms. The van der Waals surface area contributed by atoms with Gasteiger partial charge in [-0.1, -0.05) is 31.2 Å². The Bertz CT molecular complexity index is 1390. The summed E-state index contributed by atoms with van der Waals surface area (Å²) >= 11 is 0. The molecule has 6 atom stereocenters. The fourth-order valence-corrected chi connectivity index (χ4v) is 11.4. The molecule has 2 saturated carbocycles. The largest absolute Gasteiger partial charge is 0.359 e. The van der Waals surface area contributed by atoms with Gasteiger partial charge >= 0.3 is 0 Å². The molecule has 5 heterocycles. The summed E-state index contributed by atoms with van der Waals surface area (Å²) in [4.78, 5) is 4.40. The van der Waals surface area contributed by atoms with Crippen molar-refractivity contribution in [1.29, 1.82) is 0 Å². The van der Waals surface area contributed by atoms with E-state index in [9.17, 15) is 5.21 Å². The van der Waals surface area contributed by atoms with Crippen LogP contribution in [0.2, 0.25) is 0 Å². The van der Waals surface area contributed by atoms with Gasteiger partial charge in [0.25, 0.3) is 0 Å². The summed E-state index contributed by atoms with van der Waals surface area (Å²) in [6.45, 7) is 2.57. The van der Waals surface area contributed by atoms with E-state index < -0.39 is 0 Å². The van der Waals surface area contributed by atoms with Crippen LogP contribution in [0.1, 0.15) is 95.5 Å². The van der Waals surface area contributed by atoms with Crippen molar-refractivity contribution in [3.63, 3.8) is 0 Å². The minimum absolute atomic E-state index is 0.129. The van der Waals surface area contributed by atoms with Crippen LogP contribution in [-0.4, -0.2) is 44.2 Å². The molecular formula is C34H41N2O2+. The maximum atomic E-state index is 12.0. The lowest BCUT2D eigenvalue weighted by Crippen LogP contribution is -2.61. The Labute approximate surface area is 226 Å². The molecule has 5 fully saturated rings. The number of quaternary nitrogens is 1. The number of ether oxygens (including phenoxy) is 1. The van der Waals surface area contributed by atoms with Crippen molar-refractivity contribution in [3.8, 4) is 0 Å². The molecule has 1 aromatic carbocycles. The summed E-state index contributed by atoms with van der Waals surface area (Å²) in [5, 5.41) is 14.6. The van der Waals surface area contributed by atoms with E-state index in [4.69, 9.17) is 4.74 Å². The van der Waals surface area contributed by atoms with Gasteiger partial charge in [-0.05, 0) is 90.0 Å². The first-order chi connectivity index (χ1) is 18.4. The molecular weight excluding hydrogens is 468 g/mol. The second-order valence-electron chi connectivity index (χ2n) is 14.3. The third kappa shape index (κ3) is 2.66. The van der Waals surface area contributed by atoms with Gasteiger partial charge in [0, 0.05) is 56.3 Å². The first-order valence-electron chi connectivity index (χ1n) is 15.5. The first kappa shape index (κ1) is 22.8. The van der Waals surface area contributed by atoms with Crippen LogP contribution in [0.25, 0.3) is 10.8 Å². The van der Waals surface area contributed by atoms with E-state index in [1.807, 2.05) is 12.4 Å². The molecule has 1 unspecified atom stereocenters. The quantitative estimate of drug-likeness (QED) is 0.430. The third-order valence-corrected chi connectivity index (χ3v) is 13.1. The van der Waals surface area contributed by atoms with Gasteiger partial charge in [0.15, 0.2) is 0 Å². The van der Waals surface area contributed by atoms with Crippen LogP contribution in [0.4, 0.5) is 0 Å². The molecule has 198 valence electrons. The molecule has 0 amide bonds. The summed E-state index contributed by atoms with van der Waals surface area (Å²) in [7, 11) is 0. The zero-order valence-corrected chi connectivity index (χ0v) is 22.7. The number of benzene rings is 1. The maximum Gasteiger partial charge on any atom is 0.123 e. The number of hydrogen-bond acceptors (Lipinski definition) is 3. The zero-order valence-electron chi connectivity index (χ0n) is 22.7. The molecule has 4 aliphatic heterocycles. The Hall–Kier alpha value is -2.01. The standard InChI is InChI=1S/C34H41N2O2/c1-32-14-12-26-19-25-4-5-29(36(37)27-6-7-28(36)9-8-27)20-33(25)15-16-34(26,38-33)31(32)11-10-30(32)23-3-2-22-13-17-35-21-24(22)18-23/h2-3,12-13,17-19,21,27-31,37H,4-11,14-16,20H2,1H3/q+1/t27?,28?,29-,30?,31-,32-,33-,34-,36?/m1/s1. The molecule has 1 N–H and O–H groups in total. The predicted octanol–water partition coefficient (Wildman–Crippen LogP) is 7.38. The van der Waals surface area contributed by atoms with Crippen molar-refractivity contribution in [1.82, 2.24) is 4.98 Å². The van der Waals surface area contributed by atoms with Crippen molar-refractivity contribution in [2.75, 3.05) is 0 Å². The topological polar surface area (TPSA) is 42.4 Å². The Kier molecular flexibility index (Phi) is 4.42. The number of pyridine rings is 1. The van der Waals surface area contributed by atoms with Gasteiger partial charge in [-0.25, -0.2) is 5.21 Å². The molecule has 3 saturated heterocycles. The van der Waals surface area contributed by atoms with Crippen LogP contribution < -0.4 is 0 Å². The highest BCUT2D eigenvalue weighted by molar-refractivity contribution is 5.82. The lowest BCUT2D eigenvalue weighted by Gasteiger charge is -2.55. The lowest BCUT2D eigenvalue weighted by atomic mass is 9.58. The van der Waals surface area contributed by atoms with E-state index in [1.54, 1.807) is 5.57 Å². The van der Waals surface area contributed by atoms with Crippen LogP contribution in [0.3, 0.4) is 0 Å². The summed E-state index contributed by atoms with van der Waals surface area (Å²) in [6, 6.07) is 10.5. The molecule has 2 aromatic rings. The van der Waals surface area contributed by atoms with Crippen molar-refractivity contribution in [2.45, 2.75) is 119 Å². The van der Waals surface area contributed by atoms with E-state index >= 15 is 0 Å². The molecule has 38 heavy (non-hydrogen) atoms. The van der Waals surface area contributed by atoms with Crippen LogP contribution >= 0.6 is 0 Å². The van der Waals surface area contributed by atoms with Gasteiger partial charge in [0.2, 0.25) is 0 Å². The second kappa shape index (κ2) is 7.38. The number of allylic oxidation sites excluding steroid dienone is 1. The summed E-state index contributed by atoms with van der Waals surface area (Å²) in [5.74, 6) is 1.11. The summed E-state index contributed by atoms with van der Waals surface area (Å²) in [6.07, 6.45) is 23.2. The first-order valence-corrected chi connectivity index (χ1v) is 15.5. The van der Waals surface area contributed by atoms with Gasteiger partial charge in [-0.15, -0.1) is 0 Å². The predicted molar refractivity (Wildman–Crippen MR) is 148 cm³/mol. The van der Waals surface area contributed by atoms with Crippen LogP contribution in [0.5, 0.6) is 0 Å². The number of nitrogens with zero attached hydrogens (tertiary/aromatic N) is 2. The highest BCUT2D eigenvalue weighted by Gasteiger charge is 2.69. The second-order valence-corrected chi connectivity index (χ2v) is 14.3. The number of rotatable bonds is 2. The highest BCUT2D eigenvalue weighted by atomic mass is 16.6. The molecule has 2 spiro atoms. The normalized spacial score (nSPS) is 48.4. The van der Waals surface area contributed by atoms with Gasteiger partial charge in [-0.3, -0.25) is 4.98 Å². The molecule has 3 aliphatic carbocycles. The van der Waals surface area contributed by atoms with Crippen molar-refractivity contribution >= 4 is 10.8 Å². The molecule has 4 nitrogen and oxygen atoms in total.